The highest BCUT2D eigenvalue weighted by atomic mass is 16.5. The fraction of sp³-hybridized carbons (Fsp3) is 0.562. The molecule has 144 valence electrons. The minimum atomic E-state index is -0.210. The van der Waals surface area contributed by atoms with E-state index in [1.54, 1.807) is 25.8 Å². The summed E-state index contributed by atoms with van der Waals surface area (Å²) in [5, 5.41) is 10.6. The van der Waals surface area contributed by atoms with Gasteiger partial charge in [-0.2, -0.15) is 0 Å². The molecule has 1 N–H and O–H groups in total. The molecule has 0 bridgehead atoms. The number of aromatic nitrogens is 5. The molecule has 1 unspecified atom stereocenters. The average Bonchev–Trinajstić information content (AvgIpc) is 3.36. The topological polar surface area (TPSA) is 109 Å². The van der Waals surface area contributed by atoms with Crippen LogP contribution in [0.25, 0.3) is 5.69 Å². The van der Waals surface area contributed by atoms with Gasteiger partial charge in [0, 0.05) is 46.3 Å². The maximum Gasteiger partial charge on any atom is 0.298 e. The predicted octanol–water partition coefficient (Wildman–Crippen LogP) is -0.974. The Kier molecular flexibility index (Phi) is 5.23. The number of methoxy groups -OCH3 is 1. The summed E-state index contributed by atoms with van der Waals surface area (Å²) in [4.78, 5) is 26.2. The van der Waals surface area contributed by atoms with Gasteiger partial charge in [0.05, 0.1) is 25.2 Å². The maximum absolute atomic E-state index is 12.7. The summed E-state index contributed by atoms with van der Waals surface area (Å²) in [6.45, 7) is 5.54. The van der Waals surface area contributed by atoms with Gasteiger partial charge in [0.15, 0.2) is 5.69 Å². The van der Waals surface area contributed by atoms with Crippen molar-refractivity contribution in [1.29, 1.82) is 0 Å². The lowest BCUT2D eigenvalue weighted by Crippen LogP contribution is -2.51. The van der Waals surface area contributed by atoms with Gasteiger partial charge >= 0.3 is 0 Å². The predicted molar refractivity (Wildman–Crippen MR) is 99.6 cm³/mol. The first-order valence-electron chi connectivity index (χ1n) is 8.97. The molecule has 0 radical (unpaired) electrons. The van der Waals surface area contributed by atoms with E-state index in [4.69, 9.17) is 4.74 Å². The molecule has 1 saturated heterocycles. The third-order valence-electron chi connectivity index (χ3n) is 4.93. The molecule has 2 aromatic rings. The lowest BCUT2D eigenvalue weighted by molar-refractivity contribution is 0.0777. The molecule has 27 heavy (non-hydrogen) atoms. The van der Waals surface area contributed by atoms with Crippen molar-refractivity contribution in [3.8, 4) is 5.69 Å². The second-order valence-electron chi connectivity index (χ2n) is 6.51. The average molecular weight is 373 g/mol. The molecule has 2 aromatic heterocycles. The van der Waals surface area contributed by atoms with Crippen LogP contribution in [0.5, 0.6) is 0 Å². The number of H-pyrrole nitrogens is 1. The molecule has 0 spiro atoms. The van der Waals surface area contributed by atoms with E-state index in [9.17, 15) is 4.79 Å². The second-order valence-corrected chi connectivity index (χ2v) is 6.51. The Morgan fingerprint density at radius 3 is 2.89 bits per heavy atom. The van der Waals surface area contributed by atoms with Crippen molar-refractivity contribution >= 4 is 12.2 Å². The Labute approximate surface area is 155 Å². The summed E-state index contributed by atoms with van der Waals surface area (Å²) >= 11 is 0. The number of hydrogen-bond donors (Lipinski definition) is 1. The fourth-order valence-corrected chi connectivity index (χ4v) is 3.38. The van der Waals surface area contributed by atoms with Gasteiger partial charge in [-0.05, 0) is 0 Å². The van der Waals surface area contributed by atoms with Crippen LogP contribution in [-0.4, -0.2) is 99.4 Å². The molecule has 2 aliphatic heterocycles. The fourth-order valence-electron chi connectivity index (χ4n) is 3.38. The van der Waals surface area contributed by atoms with Crippen LogP contribution in [0.2, 0.25) is 0 Å². The number of piperazine rings is 1. The van der Waals surface area contributed by atoms with Gasteiger partial charge in [-0.15, -0.1) is 5.10 Å². The number of rotatable bonds is 5. The van der Waals surface area contributed by atoms with Gasteiger partial charge in [0.1, 0.15) is 18.3 Å². The monoisotopic (exact) mass is 373 g/mol. The molecule has 4 rings (SSSR count). The van der Waals surface area contributed by atoms with Crippen molar-refractivity contribution in [3.63, 3.8) is 0 Å². The highest BCUT2D eigenvalue weighted by Crippen LogP contribution is 2.14. The van der Waals surface area contributed by atoms with Crippen LogP contribution in [0.1, 0.15) is 6.42 Å². The third-order valence-corrected chi connectivity index (χ3v) is 4.93. The van der Waals surface area contributed by atoms with E-state index < -0.39 is 0 Å². The number of nitrogens with one attached hydrogen (secondary N) is 1. The van der Waals surface area contributed by atoms with Gasteiger partial charge in [-0.1, -0.05) is 5.21 Å². The van der Waals surface area contributed by atoms with Crippen molar-refractivity contribution in [2.75, 3.05) is 46.4 Å². The van der Waals surface area contributed by atoms with E-state index in [1.807, 2.05) is 0 Å². The Balaban J connectivity index is 1.42. The molecular formula is C16H23N9O2. The molecule has 1 atom stereocenters. The highest BCUT2D eigenvalue weighted by molar-refractivity contribution is 5.92. The molecule has 0 saturated carbocycles. The zero-order valence-corrected chi connectivity index (χ0v) is 15.2. The number of hydrogen-bond acceptors (Lipinski definition) is 8. The Bertz CT molecular complexity index is 859. The Hall–Kier alpha value is -2.63. The molecule has 0 aliphatic carbocycles. The third kappa shape index (κ3) is 3.75. The number of aromatic amines is 1. The molecule has 1 fully saturated rings. The maximum atomic E-state index is 12.7. The Morgan fingerprint density at radius 2 is 2.15 bits per heavy atom. The lowest BCUT2D eigenvalue weighted by atomic mass is 10.2. The van der Waals surface area contributed by atoms with Crippen molar-refractivity contribution in [1.82, 2.24) is 34.6 Å². The van der Waals surface area contributed by atoms with Gasteiger partial charge in [-0.25, -0.2) is 14.4 Å². The van der Waals surface area contributed by atoms with Crippen molar-refractivity contribution in [2.24, 2.45) is 9.98 Å². The van der Waals surface area contributed by atoms with Crippen molar-refractivity contribution in [3.05, 3.63) is 28.9 Å². The first-order chi connectivity index (χ1) is 13.3. The summed E-state index contributed by atoms with van der Waals surface area (Å²) in [6.07, 6.45) is 6.88. The van der Waals surface area contributed by atoms with E-state index in [0.717, 1.165) is 39.3 Å². The Morgan fingerprint density at radius 1 is 1.30 bits per heavy atom. The number of nitrogens with zero attached hydrogens (tertiary/aromatic N) is 8. The summed E-state index contributed by atoms with van der Waals surface area (Å²) < 4.78 is 8.03. The first kappa shape index (κ1) is 17.8. The van der Waals surface area contributed by atoms with Crippen molar-refractivity contribution in [2.45, 2.75) is 12.6 Å². The smallest absolute Gasteiger partial charge is 0.298 e. The molecule has 4 heterocycles. The van der Waals surface area contributed by atoms with E-state index >= 15 is 0 Å². The van der Waals surface area contributed by atoms with Gasteiger partial charge in [-0.3, -0.25) is 24.7 Å². The van der Waals surface area contributed by atoms with Crippen LogP contribution in [-0.2, 0) is 4.74 Å². The minimum Gasteiger partial charge on any atom is -0.383 e. The van der Waals surface area contributed by atoms with Crippen molar-refractivity contribution < 1.29 is 4.74 Å². The SMILES string of the molecule is COCCN1CCN(C2CC(n3[nH]cc(-n4ccnn4)c3=O)=NC=N2)CC1. The molecule has 11 heteroatoms. The van der Waals surface area contributed by atoms with Crippen LogP contribution < -0.4 is 5.56 Å². The van der Waals surface area contributed by atoms with Crippen LogP contribution in [0.3, 0.4) is 0 Å². The second kappa shape index (κ2) is 7.94. The minimum absolute atomic E-state index is 0.00732. The van der Waals surface area contributed by atoms with Crippen LogP contribution in [0.15, 0.2) is 33.4 Å². The highest BCUT2D eigenvalue weighted by Gasteiger charge is 2.27. The lowest BCUT2D eigenvalue weighted by Gasteiger charge is -2.38. The molecular weight excluding hydrogens is 350 g/mol. The number of ether oxygens (including phenoxy) is 1. The summed E-state index contributed by atoms with van der Waals surface area (Å²) in [6, 6.07) is 0. The normalized spacial score (nSPS) is 21.5. The number of aliphatic imine (C=N–C) groups is 2. The quantitative estimate of drug-likeness (QED) is 0.722. The van der Waals surface area contributed by atoms with Crippen LogP contribution in [0.4, 0.5) is 0 Å². The summed E-state index contributed by atoms with van der Waals surface area (Å²) in [5.74, 6) is 0.646. The summed E-state index contributed by atoms with van der Waals surface area (Å²) in [5.41, 5.74) is 0.193. The molecule has 2 aliphatic rings. The van der Waals surface area contributed by atoms with Crippen LogP contribution >= 0.6 is 0 Å². The van der Waals surface area contributed by atoms with E-state index in [0.29, 0.717) is 17.9 Å². The zero-order chi connectivity index (χ0) is 18.6. The molecule has 0 amide bonds. The van der Waals surface area contributed by atoms with Gasteiger partial charge in [0.25, 0.3) is 5.56 Å². The van der Waals surface area contributed by atoms with E-state index in [2.05, 4.69) is 35.2 Å². The molecule has 11 nitrogen and oxygen atoms in total. The van der Waals surface area contributed by atoms with E-state index in [1.165, 1.54) is 15.6 Å². The van der Waals surface area contributed by atoms with Gasteiger partial charge < -0.3 is 4.74 Å². The van der Waals surface area contributed by atoms with Crippen LogP contribution in [0, 0.1) is 0 Å². The zero-order valence-electron chi connectivity index (χ0n) is 15.2. The first-order valence-corrected chi connectivity index (χ1v) is 8.97. The van der Waals surface area contributed by atoms with Gasteiger partial charge in [0.2, 0.25) is 0 Å². The largest absolute Gasteiger partial charge is 0.383 e. The standard InChI is InChI=1S/C16H23N9O2/c1-27-9-8-22-4-6-23(7-5-22)14-10-15(18-12-17-14)25-16(26)13(11-20-25)24-3-2-19-21-24/h2-3,11-12,14,20H,4-10H2,1H3. The summed E-state index contributed by atoms with van der Waals surface area (Å²) in [7, 11) is 1.73. The van der Waals surface area contributed by atoms with E-state index in [-0.39, 0.29) is 11.7 Å². The molecule has 0 aromatic carbocycles.